The summed E-state index contributed by atoms with van der Waals surface area (Å²) in [6.07, 6.45) is 3.18. The molecule has 3 rings (SSSR count). The number of nitrogens with two attached hydrogens (primary N) is 1. The number of hydrogen-bond donors (Lipinski definition) is 2. The smallest absolute Gasteiger partial charge is 0.426 e. The Morgan fingerprint density at radius 2 is 2.17 bits per heavy atom. The van der Waals surface area contributed by atoms with E-state index < -0.39 is 17.6 Å². The third-order valence-electron chi connectivity index (χ3n) is 3.15. The molecule has 3 aromatic rings. The topological polar surface area (TPSA) is 134 Å². The molecule has 3 N–H and O–H groups in total. The zero-order valence-electron chi connectivity index (χ0n) is 12.0. The molecule has 10 heteroatoms. The normalized spacial score (nSPS) is 10.8. The van der Waals surface area contributed by atoms with Gasteiger partial charge in [0.2, 0.25) is 0 Å². The van der Waals surface area contributed by atoms with Gasteiger partial charge in [-0.1, -0.05) is 0 Å². The predicted molar refractivity (Wildman–Crippen MR) is 79.7 cm³/mol. The fourth-order valence-electron chi connectivity index (χ4n) is 2.14. The maximum atomic E-state index is 12.4. The number of aromatic nitrogens is 4. The lowest BCUT2D eigenvalue weighted by Crippen LogP contribution is -2.33. The molecule has 0 spiro atoms. The second-order valence-corrected chi connectivity index (χ2v) is 4.54. The molecule has 3 heterocycles. The highest BCUT2D eigenvalue weighted by Gasteiger charge is 2.15. The van der Waals surface area contributed by atoms with Gasteiger partial charge in [0, 0.05) is 12.4 Å². The Balaban J connectivity index is 2.16. The average molecular weight is 316 g/mol. The van der Waals surface area contributed by atoms with E-state index >= 15 is 0 Å². The van der Waals surface area contributed by atoms with Gasteiger partial charge in [-0.05, 0) is 13.0 Å². The maximum absolute atomic E-state index is 12.4. The first-order valence-electron chi connectivity index (χ1n) is 6.64. The van der Waals surface area contributed by atoms with Crippen molar-refractivity contribution in [2.45, 2.75) is 6.92 Å². The predicted octanol–water partition coefficient (Wildman–Crippen LogP) is -0.157. The van der Waals surface area contributed by atoms with Crippen molar-refractivity contribution in [3.8, 4) is 0 Å². The Morgan fingerprint density at radius 3 is 2.87 bits per heavy atom. The van der Waals surface area contributed by atoms with Crippen molar-refractivity contribution in [2.75, 3.05) is 12.0 Å². The summed E-state index contributed by atoms with van der Waals surface area (Å²) in [4.78, 5) is 39.2. The molecule has 0 radical (unpaired) electrons. The number of nitrogens with one attached hydrogen (secondary N) is 1. The molecule has 3 aromatic heterocycles. The Labute approximate surface area is 128 Å². The number of carbonyl (C=O) groups excluding carboxylic acids is 2. The van der Waals surface area contributed by atoms with Gasteiger partial charge in [0.05, 0.1) is 23.7 Å². The van der Waals surface area contributed by atoms with Crippen LogP contribution in [0.5, 0.6) is 0 Å². The summed E-state index contributed by atoms with van der Waals surface area (Å²) in [5.74, 6) is -0.663. The quantitative estimate of drug-likeness (QED) is 0.690. The Kier molecular flexibility index (Phi) is 3.41. The van der Waals surface area contributed by atoms with E-state index in [1.165, 1.54) is 23.1 Å². The van der Waals surface area contributed by atoms with Crippen molar-refractivity contribution in [2.24, 2.45) is 5.73 Å². The molecule has 0 atom stereocenters. The average Bonchev–Trinajstić information content (AvgIpc) is 2.94. The monoisotopic (exact) mass is 316 g/mol. The van der Waals surface area contributed by atoms with E-state index in [4.69, 9.17) is 10.5 Å². The molecule has 0 aliphatic heterocycles. The van der Waals surface area contributed by atoms with E-state index in [2.05, 4.69) is 15.5 Å². The number of nitrogens with zero attached hydrogens (tertiary/aromatic N) is 4. The molecular weight excluding hydrogens is 304 g/mol. The molecule has 118 valence electrons. The third-order valence-corrected chi connectivity index (χ3v) is 3.15. The summed E-state index contributed by atoms with van der Waals surface area (Å²) in [7, 11) is 0. The van der Waals surface area contributed by atoms with Crippen molar-refractivity contribution in [3.05, 3.63) is 40.6 Å². The van der Waals surface area contributed by atoms with Crippen molar-refractivity contribution in [1.82, 2.24) is 19.3 Å². The van der Waals surface area contributed by atoms with Crippen molar-refractivity contribution in [3.63, 3.8) is 0 Å². The molecule has 0 aromatic carbocycles. The van der Waals surface area contributed by atoms with Crippen molar-refractivity contribution < 1.29 is 14.3 Å². The van der Waals surface area contributed by atoms with Crippen LogP contribution in [-0.2, 0) is 4.74 Å². The standard InChI is InChI=1S/C13H12N6O4/c1-2-23-13(22)17-18-4-3-9-7(12(18)21)5-15-11-8(10(14)20)6-16-19(9)11/h3-6H,2H2,1H3,(H2,14,20)(H,17,22). The molecule has 0 saturated carbocycles. The molecule has 0 aliphatic carbocycles. The molecule has 10 nitrogen and oxygen atoms in total. The summed E-state index contributed by atoms with van der Waals surface area (Å²) in [6.45, 7) is 1.83. The lowest BCUT2D eigenvalue weighted by atomic mass is 10.3. The number of primary amides is 1. The largest absolute Gasteiger partial charge is 0.449 e. The Hall–Kier alpha value is -3.43. The molecular formula is C13H12N6O4. The van der Waals surface area contributed by atoms with Crippen molar-refractivity contribution in [1.29, 1.82) is 0 Å². The summed E-state index contributed by atoms with van der Waals surface area (Å²) in [5.41, 5.74) is 7.85. The van der Waals surface area contributed by atoms with Crippen LogP contribution < -0.4 is 16.7 Å². The van der Waals surface area contributed by atoms with Crippen LogP contribution in [0.15, 0.2) is 29.5 Å². The van der Waals surface area contributed by atoms with E-state index in [0.29, 0.717) is 5.52 Å². The van der Waals surface area contributed by atoms with Crippen LogP contribution in [0.1, 0.15) is 17.3 Å². The third kappa shape index (κ3) is 2.35. The molecule has 2 amide bonds. The maximum Gasteiger partial charge on any atom is 0.426 e. The van der Waals surface area contributed by atoms with Gasteiger partial charge in [-0.15, -0.1) is 0 Å². The van der Waals surface area contributed by atoms with Gasteiger partial charge in [-0.25, -0.2) is 24.4 Å². The van der Waals surface area contributed by atoms with Gasteiger partial charge >= 0.3 is 6.09 Å². The van der Waals surface area contributed by atoms with Crippen molar-refractivity contribution >= 4 is 28.6 Å². The Bertz CT molecular complexity index is 989. The molecule has 0 saturated heterocycles. The fraction of sp³-hybridized carbons (Fsp3) is 0.154. The van der Waals surface area contributed by atoms with Gasteiger partial charge in [-0.2, -0.15) is 5.10 Å². The lowest BCUT2D eigenvalue weighted by molar-refractivity contribution is 0.100. The zero-order chi connectivity index (χ0) is 16.6. The lowest BCUT2D eigenvalue weighted by Gasteiger charge is -2.09. The van der Waals surface area contributed by atoms with E-state index in [1.807, 2.05) is 0 Å². The first kappa shape index (κ1) is 14.5. The van der Waals surface area contributed by atoms with Gasteiger partial charge < -0.3 is 10.5 Å². The summed E-state index contributed by atoms with van der Waals surface area (Å²) in [6, 6.07) is 1.55. The molecule has 0 aliphatic rings. The van der Waals surface area contributed by atoms with Gasteiger partial charge in [0.1, 0.15) is 5.56 Å². The van der Waals surface area contributed by atoms with Gasteiger partial charge in [0.25, 0.3) is 11.5 Å². The number of carbonyl (C=O) groups is 2. The van der Waals surface area contributed by atoms with Gasteiger partial charge in [0.15, 0.2) is 5.65 Å². The number of pyridine rings is 1. The van der Waals surface area contributed by atoms with Crippen LogP contribution in [0, 0.1) is 0 Å². The minimum Gasteiger partial charge on any atom is -0.449 e. The molecule has 0 unspecified atom stereocenters. The Morgan fingerprint density at radius 1 is 1.39 bits per heavy atom. The number of rotatable bonds is 3. The summed E-state index contributed by atoms with van der Waals surface area (Å²) in [5, 5.41) is 4.23. The van der Waals surface area contributed by atoms with Crippen LogP contribution in [0.3, 0.4) is 0 Å². The zero-order valence-corrected chi connectivity index (χ0v) is 12.0. The molecule has 0 fully saturated rings. The highest BCUT2D eigenvalue weighted by Crippen LogP contribution is 2.13. The minimum absolute atomic E-state index is 0.153. The number of amides is 2. The number of ether oxygens (including phenoxy) is 1. The molecule has 23 heavy (non-hydrogen) atoms. The van der Waals surface area contributed by atoms with E-state index in [-0.39, 0.29) is 23.2 Å². The fourth-order valence-corrected chi connectivity index (χ4v) is 2.14. The van der Waals surface area contributed by atoms with E-state index in [1.54, 1.807) is 13.0 Å². The number of fused-ring (bicyclic) bond motifs is 3. The van der Waals surface area contributed by atoms with Crippen LogP contribution in [0.25, 0.3) is 16.6 Å². The SMILES string of the molecule is CCOC(=O)Nn1ccc2c(cnc3c(C(N)=O)cnn32)c1=O. The summed E-state index contributed by atoms with van der Waals surface area (Å²) < 4.78 is 7.04. The second-order valence-electron chi connectivity index (χ2n) is 4.54. The van der Waals surface area contributed by atoms with E-state index in [0.717, 1.165) is 4.68 Å². The van der Waals surface area contributed by atoms with Crippen LogP contribution in [-0.4, -0.2) is 37.9 Å². The number of hydrogen-bond acceptors (Lipinski definition) is 6. The second kappa shape index (κ2) is 5.40. The molecule has 0 bridgehead atoms. The first-order chi connectivity index (χ1) is 11.0. The minimum atomic E-state index is -0.752. The van der Waals surface area contributed by atoms with Crippen LogP contribution in [0.2, 0.25) is 0 Å². The first-order valence-corrected chi connectivity index (χ1v) is 6.64. The highest BCUT2D eigenvalue weighted by molar-refractivity contribution is 5.99. The van der Waals surface area contributed by atoms with E-state index in [9.17, 15) is 14.4 Å². The highest BCUT2D eigenvalue weighted by atomic mass is 16.6. The summed E-state index contributed by atoms with van der Waals surface area (Å²) >= 11 is 0. The van der Waals surface area contributed by atoms with Crippen LogP contribution >= 0.6 is 0 Å². The van der Waals surface area contributed by atoms with Gasteiger partial charge in [-0.3, -0.25) is 9.59 Å². The van der Waals surface area contributed by atoms with Crippen LogP contribution in [0.4, 0.5) is 4.79 Å².